The second kappa shape index (κ2) is 4.69. The van der Waals surface area contributed by atoms with Gasteiger partial charge in [0.25, 0.3) is 0 Å². The van der Waals surface area contributed by atoms with Gasteiger partial charge in [-0.25, -0.2) is 0 Å². The van der Waals surface area contributed by atoms with E-state index in [-0.39, 0.29) is 0 Å². The Morgan fingerprint density at radius 1 is 1.12 bits per heavy atom. The van der Waals surface area contributed by atoms with Gasteiger partial charge in [0.1, 0.15) is 0 Å². The van der Waals surface area contributed by atoms with Crippen molar-refractivity contribution in [1.29, 1.82) is 0 Å². The molecule has 8 heteroatoms. The van der Waals surface area contributed by atoms with Crippen LogP contribution in [-0.2, 0) is 17.1 Å². The topological polar surface area (TPSA) is 36.1 Å². The van der Waals surface area contributed by atoms with Crippen molar-refractivity contribution in [3.8, 4) is 0 Å². The molecule has 1 aliphatic rings. The second-order valence-corrected chi connectivity index (χ2v) is 37.0. The summed E-state index contributed by atoms with van der Waals surface area (Å²) in [6.07, 6.45) is 5.46. The van der Waals surface area contributed by atoms with Gasteiger partial charge in [0, 0.05) is 0 Å². The van der Waals surface area contributed by atoms with Gasteiger partial charge in [-0.05, 0) is 0 Å². The summed E-state index contributed by atoms with van der Waals surface area (Å²) >= 11 is -5.32. The quantitative estimate of drug-likeness (QED) is 0.633. The molecule has 0 aromatic carbocycles. The van der Waals surface area contributed by atoms with E-state index in [2.05, 4.69) is 9.78 Å². The van der Waals surface area contributed by atoms with E-state index in [9.17, 15) is 10.5 Å². The average molecular weight is 376 g/mol. The molecule has 16 heavy (non-hydrogen) atoms. The predicted octanol–water partition coefficient (Wildman–Crippen LogP) is 1.27. The van der Waals surface area contributed by atoms with E-state index in [4.69, 9.17) is 0 Å². The fourth-order valence-corrected chi connectivity index (χ4v) is 29.2. The molecule has 0 bridgehead atoms. The Morgan fingerprint density at radius 3 is 1.88 bits per heavy atom. The Hall–Kier alpha value is 0.576. The van der Waals surface area contributed by atoms with Crippen molar-refractivity contribution < 1.29 is 27.6 Å². The van der Waals surface area contributed by atoms with Crippen molar-refractivity contribution in [2.75, 3.05) is 21.1 Å². The summed E-state index contributed by atoms with van der Waals surface area (Å²) in [5, 5.41) is 0. The molecule has 0 aromatic heterocycles. The molecule has 1 rings (SSSR count). The van der Waals surface area contributed by atoms with Crippen LogP contribution in [0.25, 0.3) is 0 Å². The van der Waals surface area contributed by atoms with E-state index in [0.29, 0.717) is 9.70 Å². The van der Waals surface area contributed by atoms with Crippen LogP contribution < -0.4 is 9.78 Å². The summed E-state index contributed by atoms with van der Waals surface area (Å²) in [7, 11) is -2.20. The number of hydrogen-bond acceptors (Lipinski definition) is 3. The van der Waals surface area contributed by atoms with E-state index in [1.165, 1.54) is 21.1 Å². The van der Waals surface area contributed by atoms with Gasteiger partial charge in [-0.1, -0.05) is 0 Å². The van der Waals surface area contributed by atoms with Crippen LogP contribution in [0.1, 0.15) is 6.42 Å². The summed E-state index contributed by atoms with van der Waals surface area (Å²) < 4.78 is 49.6. The first-order valence-corrected chi connectivity index (χ1v) is 19.8. The summed E-state index contributed by atoms with van der Waals surface area (Å²) in [5.74, 6) is 0. The van der Waals surface area contributed by atoms with Crippen LogP contribution in [0.2, 0.25) is 0 Å². The minimum atomic E-state index is -6.44. The molecule has 0 saturated carbocycles. The summed E-state index contributed by atoms with van der Waals surface area (Å²) in [6, 6.07) is 0. The van der Waals surface area contributed by atoms with Crippen LogP contribution >= 0.6 is 0 Å². The van der Waals surface area contributed by atoms with Crippen LogP contribution in [0.15, 0.2) is 21.5 Å². The normalized spacial score (nSPS) is 19.4. The van der Waals surface area contributed by atoms with Gasteiger partial charge in [0.15, 0.2) is 0 Å². The van der Waals surface area contributed by atoms with E-state index in [1.54, 1.807) is 18.2 Å². The Kier molecular flexibility index (Phi) is 4.29. The molecule has 0 heterocycles. The summed E-state index contributed by atoms with van der Waals surface area (Å²) in [5.41, 5.74) is 0. The van der Waals surface area contributed by atoms with Gasteiger partial charge in [-0.2, -0.15) is 0 Å². The number of allylic oxidation sites excluding steroid dienone is 4. The van der Waals surface area contributed by atoms with Crippen LogP contribution in [-0.4, -0.2) is 32.0 Å². The third kappa shape index (κ3) is 1.72. The summed E-state index contributed by atoms with van der Waals surface area (Å²) in [4.78, 5) is 0. The number of rotatable bonds is 5. The van der Waals surface area contributed by atoms with Crippen molar-refractivity contribution >= 4 is 10.9 Å². The molecule has 3 nitrogen and oxygen atoms in total. The molecule has 0 unspecified atom stereocenters. The molecule has 0 spiro atoms. The molecule has 0 amide bonds. The van der Waals surface area contributed by atoms with E-state index in [0.717, 1.165) is 0 Å². The maximum atomic E-state index is 13.7. The van der Waals surface area contributed by atoms with E-state index >= 15 is 0 Å². The van der Waals surface area contributed by atoms with Gasteiger partial charge in [0.05, 0.1) is 0 Å². The van der Waals surface area contributed by atoms with Crippen LogP contribution in [0.3, 0.4) is 0 Å². The van der Waals surface area contributed by atoms with Gasteiger partial charge in [0.2, 0.25) is 0 Å². The first-order valence-electron chi connectivity index (χ1n) is 5.03. The SMILES string of the molecule is C[NH][Zr]([NH]C)([NH]C)([C]1=CC=CC1)[Ge]([F])([F])[F]. The Morgan fingerprint density at radius 2 is 1.62 bits per heavy atom. The molecule has 0 saturated heterocycles. The van der Waals surface area contributed by atoms with E-state index < -0.39 is 28.0 Å². The predicted molar refractivity (Wildman–Crippen MR) is 58.1 cm³/mol. The van der Waals surface area contributed by atoms with Crippen molar-refractivity contribution in [3.05, 3.63) is 21.5 Å². The van der Waals surface area contributed by atoms with Crippen molar-refractivity contribution in [3.63, 3.8) is 0 Å². The van der Waals surface area contributed by atoms with Crippen LogP contribution in [0.4, 0.5) is 10.5 Å². The number of halogens is 3. The molecular weight excluding hydrogens is 359 g/mol. The first kappa shape index (κ1) is 14.6. The molecule has 0 radical (unpaired) electrons. The fraction of sp³-hybridized carbons (Fsp3) is 0.500. The zero-order valence-electron chi connectivity index (χ0n) is 9.57. The first-order chi connectivity index (χ1) is 7.37. The molecule has 93 valence electrons. The maximum absolute atomic E-state index is 13.7. The van der Waals surface area contributed by atoms with E-state index in [1.807, 2.05) is 0 Å². The van der Waals surface area contributed by atoms with Crippen LogP contribution in [0, 0.1) is 0 Å². The molecule has 0 aromatic rings. The minimum absolute atomic E-state index is 0.387. The monoisotopic (exact) mass is 376 g/mol. The van der Waals surface area contributed by atoms with Gasteiger partial charge >= 0.3 is 97.4 Å². The Bertz CT molecular complexity index is 325. The van der Waals surface area contributed by atoms with Crippen molar-refractivity contribution in [1.82, 2.24) is 9.78 Å². The van der Waals surface area contributed by atoms with Gasteiger partial charge < -0.3 is 0 Å². The molecule has 0 fully saturated rings. The molecule has 1 aliphatic carbocycles. The van der Waals surface area contributed by atoms with Gasteiger partial charge in [-0.15, -0.1) is 0 Å². The molecule has 0 atom stereocenters. The zero-order valence-corrected chi connectivity index (χ0v) is 14.1. The second-order valence-electron chi connectivity index (χ2n) is 3.82. The third-order valence-corrected chi connectivity index (χ3v) is 45.1. The zero-order chi connectivity index (χ0) is 12.5. The van der Waals surface area contributed by atoms with Crippen LogP contribution in [0.5, 0.6) is 0 Å². The number of nitrogens with one attached hydrogen (secondary N) is 3. The number of hydrogen-bond donors (Lipinski definition) is 3. The molecule has 0 aliphatic heterocycles. The Labute approximate surface area is 96.9 Å². The van der Waals surface area contributed by atoms with Crippen molar-refractivity contribution in [2.24, 2.45) is 0 Å². The average Bonchev–Trinajstić information content (AvgIpc) is 2.74. The summed E-state index contributed by atoms with van der Waals surface area (Å²) in [6.45, 7) is 0. The van der Waals surface area contributed by atoms with Crippen molar-refractivity contribution in [2.45, 2.75) is 6.42 Å². The van der Waals surface area contributed by atoms with Gasteiger partial charge in [-0.3, -0.25) is 0 Å². The Balaban J connectivity index is 3.41. The molecule has 3 N–H and O–H groups in total. The standard InChI is InChI=1S/C5H5.3CH4N.F3Ge.Zr/c1-2-4-5-3-1;3*1-2;1-4(2)3;/h1-3H,4H2;3*2H,1H3;;/q;3*-1;;+3. The molecular formula is C8H17F3GeN3Zr. The third-order valence-electron chi connectivity index (χ3n) is 3.48. The fourth-order valence-electron chi connectivity index (χ4n) is 2.28.